The number of hydrogen-bond donors (Lipinski definition) is 1. The van der Waals surface area contributed by atoms with Gasteiger partial charge in [0.1, 0.15) is 12.4 Å². The summed E-state index contributed by atoms with van der Waals surface area (Å²) in [6, 6.07) is 8.37. The highest BCUT2D eigenvalue weighted by molar-refractivity contribution is 5.85. The lowest BCUT2D eigenvalue weighted by Crippen LogP contribution is -2.45. The van der Waals surface area contributed by atoms with E-state index < -0.39 is 0 Å². The van der Waals surface area contributed by atoms with E-state index in [0.717, 1.165) is 51.4 Å². The van der Waals surface area contributed by atoms with Crippen molar-refractivity contribution < 1.29 is 14.2 Å². The second kappa shape index (κ2) is 9.45. The van der Waals surface area contributed by atoms with Crippen molar-refractivity contribution in [2.24, 2.45) is 5.73 Å². The highest BCUT2D eigenvalue weighted by atomic mass is 35.5. The SMILES string of the molecule is Cl.NCC1CN(Cc2ccc(OCC3CCCO3)cc2)CCO1. The number of nitrogens with zero attached hydrogens (tertiary/aromatic N) is 1. The Morgan fingerprint density at radius 1 is 1.13 bits per heavy atom. The molecule has 0 saturated carbocycles. The maximum Gasteiger partial charge on any atom is 0.119 e. The highest BCUT2D eigenvalue weighted by Gasteiger charge is 2.19. The van der Waals surface area contributed by atoms with Gasteiger partial charge in [0.15, 0.2) is 0 Å². The van der Waals surface area contributed by atoms with E-state index in [0.29, 0.717) is 13.2 Å². The fraction of sp³-hybridized carbons (Fsp3) is 0.647. The third-order valence-corrected chi connectivity index (χ3v) is 4.28. The van der Waals surface area contributed by atoms with E-state index in [9.17, 15) is 0 Å². The molecule has 2 N–H and O–H groups in total. The minimum Gasteiger partial charge on any atom is -0.491 e. The van der Waals surface area contributed by atoms with Crippen LogP contribution in [0, 0.1) is 0 Å². The average Bonchev–Trinajstić information content (AvgIpc) is 3.08. The lowest BCUT2D eigenvalue weighted by atomic mass is 10.2. The van der Waals surface area contributed by atoms with Crippen LogP contribution < -0.4 is 10.5 Å². The first-order valence-corrected chi connectivity index (χ1v) is 8.21. The van der Waals surface area contributed by atoms with E-state index >= 15 is 0 Å². The Balaban J connectivity index is 0.00000192. The smallest absolute Gasteiger partial charge is 0.119 e. The summed E-state index contributed by atoms with van der Waals surface area (Å²) in [5, 5.41) is 0. The molecule has 1 aromatic rings. The van der Waals surface area contributed by atoms with E-state index in [4.69, 9.17) is 19.9 Å². The van der Waals surface area contributed by atoms with Crippen LogP contribution in [0.5, 0.6) is 5.75 Å². The van der Waals surface area contributed by atoms with Crippen molar-refractivity contribution in [3.63, 3.8) is 0 Å². The average molecular weight is 343 g/mol. The molecule has 2 aliphatic rings. The molecule has 2 atom stereocenters. The zero-order valence-corrected chi connectivity index (χ0v) is 14.3. The topological polar surface area (TPSA) is 57.0 Å². The Hall–Kier alpha value is -0.850. The van der Waals surface area contributed by atoms with Crippen molar-refractivity contribution >= 4 is 12.4 Å². The van der Waals surface area contributed by atoms with Gasteiger partial charge < -0.3 is 19.9 Å². The molecule has 6 heteroatoms. The molecule has 0 spiro atoms. The molecular formula is C17H27ClN2O3. The Bertz CT molecular complexity index is 452. The predicted molar refractivity (Wildman–Crippen MR) is 92.2 cm³/mol. The zero-order chi connectivity index (χ0) is 15.2. The number of nitrogens with two attached hydrogens (primary N) is 1. The lowest BCUT2D eigenvalue weighted by Gasteiger charge is -2.32. The van der Waals surface area contributed by atoms with Gasteiger partial charge in [-0.25, -0.2) is 0 Å². The third-order valence-electron chi connectivity index (χ3n) is 4.28. The summed E-state index contributed by atoms with van der Waals surface area (Å²) in [5.41, 5.74) is 6.98. The third kappa shape index (κ3) is 5.62. The quantitative estimate of drug-likeness (QED) is 0.854. The molecule has 23 heavy (non-hydrogen) atoms. The molecule has 2 saturated heterocycles. The number of morpholine rings is 1. The molecule has 2 unspecified atom stereocenters. The molecule has 0 amide bonds. The normalized spacial score (nSPS) is 25.1. The van der Waals surface area contributed by atoms with Gasteiger partial charge in [-0.15, -0.1) is 12.4 Å². The minimum atomic E-state index is 0. The summed E-state index contributed by atoms with van der Waals surface area (Å²) in [7, 11) is 0. The van der Waals surface area contributed by atoms with Crippen LogP contribution in [0.4, 0.5) is 0 Å². The van der Waals surface area contributed by atoms with E-state index in [2.05, 4.69) is 17.0 Å². The summed E-state index contributed by atoms with van der Waals surface area (Å²) in [6.07, 6.45) is 2.69. The Morgan fingerprint density at radius 3 is 2.61 bits per heavy atom. The molecule has 0 aliphatic carbocycles. The van der Waals surface area contributed by atoms with Crippen molar-refractivity contribution in [1.29, 1.82) is 0 Å². The van der Waals surface area contributed by atoms with Crippen LogP contribution in [0.2, 0.25) is 0 Å². The number of ether oxygens (including phenoxy) is 3. The number of hydrogen-bond acceptors (Lipinski definition) is 5. The molecule has 1 aromatic carbocycles. The van der Waals surface area contributed by atoms with Crippen molar-refractivity contribution in [1.82, 2.24) is 4.90 Å². The maximum absolute atomic E-state index is 5.79. The van der Waals surface area contributed by atoms with Crippen LogP contribution in [-0.4, -0.2) is 56.6 Å². The first kappa shape index (κ1) is 18.5. The van der Waals surface area contributed by atoms with Gasteiger partial charge in [-0.05, 0) is 30.5 Å². The Morgan fingerprint density at radius 2 is 1.91 bits per heavy atom. The van der Waals surface area contributed by atoms with Crippen LogP contribution >= 0.6 is 12.4 Å². The highest BCUT2D eigenvalue weighted by Crippen LogP contribution is 2.18. The fourth-order valence-corrected chi connectivity index (χ4v) is 2.98. The van der Waals surface area contributed by atoms with Gasteiger partial charge in [0.05, 0.1) is 18.8 Å². The number of benzene rings is 1. The lowest BCUT2D eigenvalue weighted by molar-refractivity contribution is -0.0260. The molecule has 0 radical (unpaired) electrons. The zero-order valence-electron chi connectivity index (χ0n) is 13.5. The van der Waals surface area contributed by atoms with Gasteiger partial charge in [0, 0.05) is 32.8 Å². The fourth-order valence-electron chi connectivity index (χ4n) is 2.98. The van der Waals surface area contributed by atoms with Gasteiger partial charge >= 0.3 is 0 Å². The van der Waals surface area contributed by atoms with Crippen LogP contribution in [0.3, 0.4) is 0 Å². The molecule has 130 valence electrons. The van der Waals surface area contributed by atoms with E-state index in [1.807, 2.05) is 12.1 Å². The van der Waals surface area contributed by atoms with Crippen LogP contribution in [0.15, 0.2) is 24.3 Å². The first-order chi connectivity index (χ1) is 10.8. The van der Waals surface area contributed by atoms with Crippen molar-refractivity contribution in [2.45, 2.75) is 31.6 Å². The second-order valence-corrected chi connectivity index (χ2v) is 6.05. The summed E-state index contributed by atoms with van der Waals surface area (Å²) in [6.45, 7) is 5.70. The Kier molecular flexibility index (Phi) is 7.59. The molecule has 0 aromatic heterocycles. The molecular weight excluding hydrogens is 316 g/mol. The molecule has 2 heterocycles. The summed E-state index contributed by atoms with van der Waals surface area (Å²) < 4.78 is 17.0. The number of halogens is 1. The largest absolute Gasteiger partial charge is 0.491 e. The molecule has 2 fully saturated rings. The van der Waals surface area contributed by atoms with Crippen molar-refractivity contribution in [3.8, 4) is 5.75 Å². The summed E-state index contributed by atoms with van der Waals surface area (Å²) >= 11 is 0. The van der Waals surface area contributed by atoms with Gasteiger partial charge in [0.25, 0.3) is 0 Å². The van der Waals surface area contributed by atoms with Crippen molar-refractivity contribution in [2.75, 3.05) is 39.5 Å². The van der Waals surface area contributed by atoms with Crippen LogP contribution in [0.25, 0.3) is 0 Å². The van der Waals surface area contributed by atoms with Gasteiger partial charge in [0.2, 0.25) is 0 Å². The van der Waals surface area contributed by atoms with E-state index in [1.54, 1.807) is 0 Å². The molecule has 5 nitrogen and oxygen atoms in total. The first-order valence-electron chi connectivity index (χ1n) is 8.21. The van der Waals surface area contributed by atoms with E-state index in [1.165, 1.54) is 5.56 Å². The summed E-state index contributed by atoms with van der Waals surface area (Å²) in [4.78, 5) is 2.39. The minimum absolute atomic E-state index is 0. The monoisotopic (exact) mass is 342 g/mol. The van der Waals surface area contributed by atoms with E-state index in [-0.39, 0.29) is 24.6 Å². The predicted octanol–water partition coefficient (Wildman–Crippen LogP) is 1.83. The standard InChI is InChI=1S/C17H26N2O3.ClH/c18-10-17-12-19(7-9-21-17)11-14-3-5-15(6-4-14)22-13-16-2-1-8-20-16;/h3-6,16-17H,1-2,7-13,18H2;1H. The van der Waals surface area contributed by atoms with Crippen molar-refractivity contribution in [3.05, 3.63) is 29.8 Å². The maximum atomic E-state index is 5.79. The molecule has 0 bridgehead atoms. The van der Waals surface area contributed by atoms with Gasteiger partial charge in [-0.3, -0.25) is 4.90 Å². The van der Waals surface area contributed by atoms with Crippen LogP contribution in [0.1, 0.15) is 18.4 Å². The summed E-state index contributed by atoms with van der Waals surface area (Å²) in [5.74, 6) is 0.918. The van der Waals surface area contributed by atoms with Crippen LogP contribution in [-0.2, 0) is 16.0 Å². The number of rotatable bonds is 6. The van der Waals surface area contributed by atoms with Gasteiger partial charge in [-0.1, -0.05) is 12.1 Å². The Labute approximate surface area is 144 Å². The van der Waals surface area contributed by atoms with Gasteiger partial charge in [-0.2, -0.15) is 0 Å². The molecule has 3 rings (SSSR count). The molecule has 2 aliphatic heterocycles. The second-order valence-electron chi connectivity index (χ2n) is 6.05.